The van der Waals surface area contributed by atoms with Crippen LogP contribution in [-0.2, 0) is 16.6 Å². The first-order valence-electron chi connectivity index (χ1n) is 5.97. The lowest BCUT2D eigenvalue weighted by Gasteiger charge is -2.10. The summed E-state index contributed by atoms with van der Waals surface area (Å²) < 4.78 is 28.0. The Morgan fingerprint density at radius 1 is 1.40 bits per heavy atom. The molecule has 0 saturated heterocycles. The largest absolute Gasteiger partial charge is 0.324 e. The van der Waals surface area contributed by atoms with Gasteiger partial charge in [0.05, 0.1) is 4.90 Å². The molecule has 0 amide bonds. The van der Waals surface area contributed by atoms with Crippen molar-refractivity contribution >= 4 is 37.3 Å². The van der Waals surface area contributed by atoms with Gasteiger partial charge < -0.3 is 5.73 Å². The van der Waals surface area contributed by atoms with E-state index in [2.05, 4.69) is 20.7 Å². The molecule has 0 bridgehead atoms. The first-order valence-corrected chi connectivity index (χ1v) is 9.13. The number of nitrogens with two attached hydrogens (primary N) is 1. The molecule has 1 heterocycles. The maximum absolute atomic E-state index is 12.3. The van der Waals surface area contributed by atoms with E-state index in [0.29, 0.717) is 0 Å². The number of rotatable bonds is 5. The van der Waals surface area contributed by atoms with E-state index >= 15 is 0 Å². The van der Waals surface area contributed by atoms with E-state index < -0.39 is 10.0 Å². The third-order valence-electron chi connectivity index (χ3n) is 2.81. The van der Waals surface area contributed by atoms with E-state index in [1.54, 1.807) is 18.2 Å². The van der Waals surface area contributed by atoms with Crippen LogP contribution in [0.3, 0.4) is 0 Å². The van der Waals surface area contributed by atoms with Crippen molar-refractivity contribution in [1.29, 1.82) is 0 Å². The zero-order valence-electron chi connectivity index (χ0n) is 10.8. The molecule has 0 saturated carbocycles. The highest BCUT2D eigenvalue weighted by atomic mass is 79.9. The summed E-state index contributed by atoms with van der Waals surface area (Å²) in [7, 11) is -3.53. The minimum atomic E-state index is -3.53. The normalized spacial score (nSPS) is 13.3. The fourth-order valence-corrected chi connectivity index (χ4v) is 4.23. The van der Waals surface area contributed by atoms with E-state index in [0.717, 1.165) is 14.9 Å². The van der Waals surface area contributed by atoms with Gasteiger partial charge in [-0.1, -0.05) is 12.1 Å². The SMILES string of the molecule is CC(N)c1cccc(S(=O)(=O)NCc2sccc2Br)c1. The van der Waals surface area contributed by atoms with Gasteiger partial charge >= 0.3 is 0 Å². The fraction of sp³-hybridized carbons (Fsp3) is 0.231. The Balaban J connectivity index is 2.18. The van der Waals surface area contributed by atoms with Crippen LogP contribution in [0.15, 0.2) is 45.1 Å². The fourth-order valence-electron chi connectivity index (χ4n) is 1.66. The third kappa shape index (κ3) is 3.67. The average molecular weight is 375 g/mol. The Labute approximate surface area is 131 Å². The second-order valence-electron chi connectivity index (χ2n) is 4.38. The Bertz CT molecular complexity index is 696. The van der Waals surface area contributed by atoms with Crippen molar-refractivity contribution < 1.29 is 8.42 Å². The van der Waals surface area contributed by atoms with Crippen molar-refractivity contribution in [2.75, 3.05) is 0 Å². The van der Waals surface area contributed by atoms with Gasteiger partial charge in [0.25, 0.3) is 0 Å². The van der Waals surface area contributed by atoms with Gasteiger partial charge in [-0.15, -0.1) is 11.3 Å². The molecule has 0 radical (unpaired) electrons. The summed E-state index contributed by atoms with van der Waals surface area (Å²) in [6.07, 6.45) is 0. The number of hydrogen-bond donors (Lipinski definition) is 2. The molecule has 108 valence electrons. The van der Waals surface area contributed by atoms with Gasteiger partial charge in [0, 0.05) is 21.9 Å². The quantitative estimate of drug-likeness (QED) is 0.844. The summed E-state index contributed by atoms with van der Waals surface area (Å²) in [5, 5.41) is 1.91. The summed E-state index contributed by atoms with van der Waals surface area (Å²) in [6.45, 7) is 2.09. The van der Waals surface area contributed by atoms with Gasteiger partial charge in [-0.2, -0.15) is 0 Å². The predicted octanol–water partition coefficient (Wildman–Crippen LogP) is 3.01. The summed E-state index contributed by atoms with van der Waals surface area (Å²) in [6, 6.07) is 8.39. The van der Waals surface area contributed by atoms with Crippen LogP contribution in [0.25, 0.3) is 0 Å². The molecule has 7 heteroatoms. The summed E-state index contributed by atoms with van der Waals surface area (Å²) in [4.78, 5) is 1.18. The number of nitrogens with one attached hydrogen (secondary N) is 1. The van der Waals surface area contributed by atoms with Crippen LogP contribution in [0.1, 0.15) is 23.4 Å². The maximum atomic E-state index is 12.3. The second kappa shape index (κ2) is 6.36. The standard InChI is InChI=1S/C13H15BrN2O2S2/c1-9(15)10-3-2-4-11(7-10)20(17,18)16-8-13-12(14)5-6-19-13/h2-7,9,16H,8,15H2,1H3. The van der Waals surface area contributed by atoms with E-state index in [4.69, 9.17) is 5.73 Å². The van der Waals surface area contributed by atoms with Crippen molar-refractivity contribution in [2.45, 2.75) is 24.4 Å². The number of thiophene rings is 1. The second-order valence-corrected chi connectivity index (χ2v) is 8.00. The molecule has 4 nitrogen and oxygen atoms in total. The van der Waals surface area contributed by atoms with Crippen molar-refractivity contribution in [3.05, 3.63) is 50.6 Å². The molecule has 0 spiro atoms. The number of benzene rings is 1. The molecule has 2 rings (SSSR count). The number of halogens is 1. The van der Waals surface area contributed by atoms with Gasteiger partial charge in [0.1, 0.15) is 0 Å². The number of hydrogen-bond acceptors (Lipinski definition) is 4. The lowest BCUT2D eigenvalue weighted by molar-refractivity contribution is 0.581. The molecule has 0 aliphatic heterocycles. The Morgan fingerprint density at radius 2 is 2.15 bits per heavy atom. The van der Waals surface area contributed by atoms with Gasteiger partial charge in [-0.05, 0) is 52.0 Å². The smallest absolute Gasteiger partial charge is 0.240 e. The summed E-state index contributed by atoms with van der Waals surface area (Å²) in [5.74, 6) is 0. The van der Waals surface area contributed by atoms with E-state index in [1.807, 2.05) is 24.4 Å². The molecule has 0 aliphatic rings. The van der Waals surface area contributed by atoms with Crippen LogP contribution in [0, 0.1) is 0 Å². The van der Waals surface area contributed by atoms with Crippen molar-refractivity contribution in [3.63, 3.8) is 0 Å². The lowest BCUT2D eigenvalue weighted by atomic mass is 10.1. The molecule has 3 N–H and O–H groups in total. The van der Waals surface area contributed by atoms with E-state index in [-0.39, 0.29) is 17.5 Å². The highest BCUT2D eigenvalue weighted by molar-refractivity contribution is 9.10. The van der Waals surface area contributed by atoms with Crippen LogP contribution in [0.2, 0.25) is 0 Å². The van der Waals surface area contributed by atoms with Gasteiger partial charge in [0.15, 0.2) is 0 Å². The number of sulfonamides is 1. The topological polar surface area (TPSA) is 72.2 Å². The molecule has 0 fully saturated rings. The summed E-state index contributed by atoms with van der Waals surface area (Å²) >= 11 is 4.88. The highest BCUT2D eigenvalue weighted by Gasteiger charge is 2.15. The Hall–Kier alpha value is -0.730. The van der Waals surface area contributed by atoms with Crippen LogP contribution < -0.4 is 10.5 Å². The monoisotopic (exact) mass is 374 g/mol. The van der Waals surface area contributed by atoms with Crippen LogP contribution in [-0.4, -0.2) is 8.42 Å². The summed E-state index contributed by atoms with van der Waals surface area (Å²) in [5.41, 5.74) is 6.57. The molecule has 2 aromatic rings. The first kappa shape index (κ1) is 15.7. The molecule has 1 unspecified atom stereocenters. The Morgan fingerprint density at radius 3 is 2.75 bits per heavy atom. The maximum Gasteiger partial charge on any atom is 0.240 e. The molecule has 1 atom stereocenters. The molecule has 0 aliphatic carbocycles. The average Bonchev–Trinajstić information content (AvgIpc) is 2.82. The van der Waals surface area contributed by atoms with E-state index in [1.165, 1.54) is 11.3 Å². The van der Waals surface area contributed by atoms with Crippen LogP contribution >= 0.6 is 27.3 Å². The van der Waals surface area contributed by atoms with Gasteiger partial charge in [-0.25, -0.2) is 13.1 Å². The van der Waals surface area contributed by atoms with Crippen LogP contribution in [0.4, 0.5) is 0 Å². The molecular formula is C13H15BrN2O2S2. The first-order chi connectivity index (χ1) is 9.40. The van der Waals surface area contributed by atoms with Gasteiger partial charge in [0.2, 0.25) is 10.0 Å². The zero-order chi connectivity index (χ0) is 14.8. The molecule has 20 heavy (non-hydrogen) atoms. The molecular weight excluding hydrogens is 360 g/mol. The third-order valence-corrected chi connectivity index (χ3v) is 6.13. The zero-order valence-corrected chi connectivity index (χ0v) is 14.1. The molecule has 1 aromatic carbocycles. The van der Waals surface area contributed by atoms with E-state index in [9.17, 15) is 8.42 Å². The highest BCUT2D eigenvalue weighted by Crippen LogP contribution is 2.23. The van der Waals surface area contributed by atoms with Crippen molar-refractivity contribution in [1.82, 2.24) is 4.72 Å². The Kier molecular flexibility index (Phi) is 4.98. The van der Waals surface area contributed by atoms with Gasteiger partial charge in [-0.3, -0.25) is 0 Å². The lowest BCUT2D eigenvalue weighted by Crippen LogP contribution is -2.23. The predicted molar refractivity (Wildman–Crippen MR) is 85.1 cm³/mol. The minimum absolute atomic E-state index is 0.198. The van der Waals surface area contributed by atoms with Crippen molar-refractivity contribution in [2.24, 2.45) is 5.73 Å². The minimum Gasteiger partial charge on any atom is -0.324 e. The van der Waals surface area contributed by atoms with Crippen LogP contribution in [0.5, 0.6) is 0 Å². The molecule has 1 aromatic heterocycles. The van der Waals surface area contributed by atoms with Crippen molar-refractivity contribution in [3.8, 4) is 0 Å².